The van der Waals surface area contributed by atoms with E-state index < -0.39 is 0 Å². The third kappa shape index (κ3) is 3.79. The first-order chi connectivity index (χ1) is 9.70. The van der Waals surface area contributed by atoms with Crippen LogP contribution in [-0.2, 0) is 4.79 Å². The fraction of sp³-hybridized carbons (Fsp3) is 0.214. The second-order valence-electron chi connectivity index (χ2n) is 4.33. The molecule has 20 heavy (non-hydrogen) atoms. The Morgan fingerprint density at radius 3 is 2.55 bits per heavy atom. The average molecular weight is 288 g/mol. The van der Waals surface area contributed by atoms with E-state index in [1.807, 2.05) is 37.3 Å². The zero-order valence-corrected chi connectivity index (χ0v) is 11.9. The van der Waals surface area contributed by atoms with E-state index in [2.05, 4.69) is 15.4 Å². The summed E-state index contributed by atoms with van der Waals surface area (Å²) in [6, 6.07) is 9.54. The van der Waals surface area contributed by atoms with Gasteiger partial charge in [0.25, 0.3) is 0 Å². The summed E-state index contributed by atoms with van der Waals surface area (Å²) in [5, 5.41) is 0.654. The summed E-state index contributed by atoms with van der Waals surface area (Å²) in [6.45, 7) is 1.93. The molecule has 1 aromatic heterocycles. The van der Waals surface area contributed by atoms with Gasteiger partial charge in [0.2, 0.25) is 5.91 Å². The molecule has 1 heterocycles. The number of benzene rings is 1. The number of hydrogen-bond donors (Lipinski definition) is 2. The summed E-state index contributed by atoms with van der Waals surface area (Å²) in [7, 11) is 0. The minimum Gasteiger partial charge on any atom is -0.294 e. The lowest BCUT2D eigenvalue weighted by atomic mass is 10.0. The van der Waals surface area contributed by atoms with Crippen LogP contribution in [0.15, 0.2) is 47.9 Å². The molecule has 1 amide bonds. The Hall–Kier alpha value is -1.92. The summed E-state index contributed by atoms with van der Waals surface area (Å²) in [6.07, 6.45) is 3.52. The number of carbonyl (C=O) groups excluding carboxylic acids is 1. The van der Waals surface area contributed by atoms with Gasteiger partial charge >= 0.3 is 0 Å². The molecule has 0 fully saturated rings. The molecule has 6 heteroatoms. The van der Waals surface area contributed by atoms with E-state index in [0.717, 1.165) is 11.1 Å². The Bertz CT molecular complexity index is 559. The molecule has 0 spiro atoms. The van der Waals surface area contributed by atoms with Crippen molar-refractivity contribution < 1.29 is 4.79 Å². The summed E-state index contributed by atoms with van der Waals surface area (Å²) in [4.78, 5) is 20.3. The molecule has 5 nitrogen and oxygen atoms in total. The minimum absolute atomic E-state index is 0.212. The molecule has 2 aromatic rings. The SMILES string of the molecule is Cc1cnc(SCC(C(=O)NN)c2ccccc2)nc1. The first-order valence-electron chi connectivity index (χ1n) is 6.17. The van der Waals surface area contributed by atoms with Gasteiger partial charge in [-0.15, -0.1) is 0 Å². The highest BCUT2D eigenvalue weighted by molar-refractivity contribution is 7.99. The third-order valence-corrected chi connectivity index (χ3v) is 3.77. The zero-order chi connectivity index (χ0) is 14.4. The van der Waals surface area contributed by atoms with E-state index in [1.165, 1.54) is 11.8 Å². The molecular formula is C14H16N4OS. The maximum Gasteiger partial charge on any atom is 0.242 e. The number of hydrogen-bond acceptors (Lipinski definition) is 5. The van der Waals surface area contributed by atoms with Crippen LogP contribution in [0.3, 0.4) is 0 Å². The van der Waals surface area contributed by atoms with Crippen molar-refractivity contribution >= 4 is 17.7 Å². The highest BCUT2D eigenvalue weighted by Gasteiger charge is 2.20. The van der Waals surface area contributed by atoms with Crippen LogP contribution in [0.5, 0.6) is 0 Å². The van der Waals surface area contributed by atoms with Crippen molar-refractivity contribution in [3.05, 3.63) is 53.9 Å². The van der Waals surface area contributed by atoms with Gasteiger partial charge in [-0.05, 0) is 18.1 Å². The first-order valence-corrected chi connectivity index (χ1v) is 7.16. The lowest BCUT2D eigenvalue weighted by Gasteiger charge is -2.14. The van der Waals surface area contributed by atoms with Crippen LogP contribution >= 0.6 is 11.8 Å². The Morgan fingerprint density at radius 1 is 1.30 bits per heavy atom. The largest absolute Gasteiger partial charge is 0.294 e. The number of rotatable bonds is 5. The number of nitrogens with zero attached hydrogens (tertiary/aromatic N) is 2. The molecule has 1 atom stereocenters. The topological polar surface area (TPSA) is 80.9 Å². The first kappa shape index (κ1) is 14.5. The van der Waals surface area contributed by atoms with Crippen molar-refractivity contribution in [3.8, 4) is 0 Å². The van der Waals surface area contributed by atoms with Gasteiger partial charge in [-0.2, -0.15) is 0 Å². The molecule has 0 saturated heterocycles. The van der Waals surface area contributed by atoms with Gasteiger partial charge in [0.05, 0.1) is 5.92 Å². The van der Waals surface area contributed by atoms with E-state index in [9.17, 15) is 4.79 Å². The predicted octanol–water partition coefficient (Wildman–Crippen LogP) is 1.65. The second kappa shape index (κ2) is 7.02. The fourth-order valence-electron chi connectivity index (χ4n) is 1.72. The number of aryl methyl sites for hydroxylation is 1. The Morgan fingerprint density at radius 2 is 1.95 bits per heavy atom. The molecule has 0 aliphatic rings. The van der Waals surface area contributed by atoms with Gasteiger partial charge in [0, 0.05) is 18.1 Å². The molecule has 3 N–H and O–H groups in total. The van der Waals surface area contributed by atoms with Crippen molar-refractivity contribution in [2.45, 2.75) is 18.0 Å². The van der Waals surface area contributed by atoms with E-state index in [0.29, 0.717) is 10.9 Å². The van der Waals surface area contributed by atoms with Gasteiger partial charge in [0.1, 0.15) is 0 Å². The van der Waals surface area contributed by atoms with E-state index in [4.69, 9.17) is 5.84 Å². The number of nitrogens with one attached hydrogen (secondary N) is 1. The van der Waals surface area contributed by atoms with Crippen molar-refractivity contribution in [2.75, 3.05) is 5.75 Å². The molecule has 1 unspecified atom stereocenters. The average Bonchev–Trinajstić information content (AvgIpc) is 2.50. The Labute approximate surface area is 122 Å². The normalized spacial score (nSPS) is 11.9. The maximum atomic E-state index is 11.9. The number of hydrazine groups is 1. The molecular weight excluding hydrogens is 272 g/mol. The highest BCUT2D eigenvalue weighted by Crippen LogP contribution is 2.24. The van der Waals surface area contributed by atoms with Crippen LogP contribution in [0, 0.1) is 6.92 Å². The van der Waals surface area contributed by atoms with Gasteiger partial charge in [0.15, 0.2) is 5.16 Å². The molecule has 104 valence electrons. The fourth-order valence-corrected chi connectivity index (χ4v) is 2.64. The summed E-state index contributed by atoms with van der Waals surface area (Å²) in [5.41, 5.74) is 4.15. The lowest BCUT2D eigenvalue weighted by Crippen LogP contribution is -2.35. The molecule has 0 aliphatic heterocycles. The quantitative estimate of drug-likeness (QED) is 0.287. The van der Waals surface area contributed by atoms with Crippen molar-refractivity contribution in [1.82, 2.24) is 15.4 Å². The summed E-state index contributed by atoms with van der Waals surface area (Å²) < 4.78 is 0. The second-order valence-corrected chi connectivity index (χ2v) is 5.31. The summed E-state index contributed by atoms with van der Waals surface area (Å²) >= 11 is 1.44. The van der Waals surface area contributed by atoms with Gasteiger partial charge < -0.3 is 0 Å². The van der Waals surface area contributed by atoms with Crippen LogP contribution in [0.2, 0.25) is 0 Å². The smallest absolute Gasteiger partial charge is 0.242 e. The number of aromatic nitrogens is 2. The van der Waals surface area contributed by atoms with Crippen LogP contribution in [0.1, 0.15) is 17.0 Å². The number of nitrogens with two attached hydrogens (primary N) is 1. The van der Waals surface area contributed by atoms with Crippen LogP contribution in [0.25, 0.3) is 0 Å². The van der Waals surface area contributed by atoms with Gasteiger partial charge in [-0.25, -0.2) is 15.8 Å². The lowest BCUT2D eigenvalue weighted by molar-refractivity contribution is -0.122. The van der Waals surface area contributed by atoms with E-state index >= 15 is 0 Å². The standard InChI is InChI=1S/C14H16N4OS/c1-10-7-16-14(17-8-10)20-9-12(13(19)18-15)11-5-3-2-4-6-11/h2-8,12H,9,15H2,1H3,(H,18,19). The van der Waals surface area contributed by atoms with Crippen molar-refractivity contribution in [2.24, 2.45) is 5.84 Å². The van der Waals surface area contributed by atoms with E-state index in [1.54, 1.807) is 12.4 Å². The molecule has 0 saturated carbocycles. The molecule has 0 aliphatic carbocycles. The third-order valence-electron chi connectivity index (χ3n) is 2.80. The monoisotopic (exact) mass is 288 g/mol. The summed E-state index contributed by atoms with van der Waals surface area (Å²) in [5.74, 6) is 5.26. The minimum atomic E-state index is -0.323. The van der Waals surface area contributed by atoms with Crippen molar-refractivity contribution in [3.63, 3.8) is 0 Å². The van der Waals surface area contributed by atoms with Crippen molar-refractivity contribution in [1.29, 1.82) is 0 Å². The number of carbonyl (C=O) groups is 1. The molecule has 1 aromatic carbocycles. The van der Waals surface area contributed by atoms with Gasteiger partial charge in [-0.1, -0.05) is 42.1 Å². The molecule has 2 rings (SSSR count). The predicted molar refractivity (Wildman–Crippen MR) is 79.0 cm³/mol. The Balaban J connectivity index is 2.09. The molecule has 0 radical (unpaired) electrons. The number of amides is 1. The van der Waals surface area contributed by atoms with Crippen LogP contribution < -0.4 is 11.3 Å². The number of thioether (sulfide) groups is 1. The van der Waals surface area contributed by atoms with Gasteiger partial charge in [-0.3, -0.25) is 10.2 Å². The zero-order valence-electron chi connectivity index (χ0n) is 11.1. The maximum absolute atomic E-state index is 11.9. The van der Waals surface area contributed by atoms with E-state index in [-0.39, 0.29) is 11.8 Å². The molecule has 0 bridgehead atoms. The van der Waals surface area contributed by atoms with Crippen LogP contribution in [-0.4, -0.2) is 21.6 Å². The highest BCUT2D eigenvalue weighted by atomic mass is 32.2. The van der Waals surface area contributed by atoms with Crippen LogP contribution in [0.4, 0.5) is 0 Å². The Kier molecular flexibility index (Phi) is 5.09.